The third-order valence-corrected chi connectivity index (χ3v) is 22.0. The maximum absolute atomic E-state index is 13.1. The molecule has 0 fully saturated rings. The smallest absolute Gasteiger partial charge is 0.462 e. The van der Waals surface area contributed by atoms with Crippen LogP contribution in [-0.2, 0) is 65.4 Å². The fourth-order valence-electron chi connectivity index (χ4n) is 12.8. The molecule has 0 spiro atoms. The second-order valence-corrected chi connectivity index (χ2v) is 33.7. The van der Waals surface area contributed by atoms with Gasteiger partial charge in [-0.2, -0.15) is 0 Å². The highest BCUT2D eigenvalue weighted by Crippen LogP contribution is 2.45. The Balaban J connectivity index is 5.17. The van der Waals surface area contributed by atoms with E-state index >= 15 is 0 Å². The third-order valence-electron chi connectivity index (χ3n) is 20.1. The van der Waals surface area contributed by atoms with Crippen molar-refractivity contribution < 1.29 is 80.2 Å². The zero-order chi connectivity index (χ0) is 75.1. The molecule has 0 bridgehead atoms. The predicted molar refractivity (Wildman–Crippen MR) is 418 cm³/mol. The van der Waals surface area contributed by atoms with E-state index in [2.05, 4.69) is 48.5 Å². The topological polar surface area (TPSA) is 237 Å². The first-order valence-electron chi connectivity index (χ1n) is 42.9. The van der Waals surface area contributed by atoms with Crippen LogP contribution in [0.2, 0.25) is 0 Å². The van der Waals surface area contributed by atoms with Gasteiger partial charge in [-0.1, -0.05) is 382 Å². The minimum atomic E-state index is -4.96. The van der Waals surface area contributed by atoms with Crippen molar-refractivity contribution in [1.82, 2.24) is 0 Å². The second-order valence-electron chi connectivity index (χ2n) is 30.8. The molecule has 606 valence electrons. The number of aliphatic hydroxyl groups is 1. The predicted octanol–water partition coefficient (Wildman–Crippen LogP) is 24.9. The van der Waals surface area contributed by atoms with E-state index in [1.54, 1.807) is 0 Å². The van der Waals surface area contributed by atoms with Gasteiger partial charge in [-0.05, 0) is 43.4 Å². The Kier molecular flexibility index (Phi) is 71.8. The number of carbonyl (C=O) groups excluding carboxylic acids is 4. The molecule has 0 aliphatic rings. The fourth-order valence-corrected chi connectivity index (χ4v) is 14.4. The molecule has 0 aliphatic heterocycles. The van der Waals surface area contributed by atoms with Gasteiger partial charge >= 0.3 is 39.5 Å². The SMILES string of the molecule is CCCCCCCCCC(=O)OC[C@H](COP(=O)(O)OC[C@H](O)COP(=O)(O)OC[C@@H](COC(=O)CCCCCCCCCCCCCCCCC(C)CC)OC(=O)CCCCCCCCCCCCCCCCCCCCC(C)CC)OC(=O)CCCCCCCCCCCCCCC(C)C. The number of hydrogen-bond acceptors (Lipinski definition) is 15. The van der Waals surface area contributed by atoms with Crippen LogP contribution in [0.1, 0.15) is 434 Å². The van der Waals surface area contributed by atoms with Gasteiger partial charge in [-0.25, -0.2) is 9.13 Å². The quantitative estimate of drug-likeness (QED) is 0.0222. The van der Waals surface area contributed by atoms with Crippen LogP contribution in [0, 0.1) is 17.8 Å². The molecule has 0 rings (SSSR count). The number of phosphoric ester groups is 2. The summed E-state index contributed by atoms with van der Waals surface area (Å²) in [6.07, 6.45) is 62.5. The van der Waals surface area contributed by atoms with E-state index in [0.717, 1.165) is 120 Å². The Morgan fingerprint density at radius 3 is 0.745 bits per heavy atom. The summed E-state index contributed by atoms with van der Waals surface area (Å²) >= 11 is 0. The van der Waals surface area contributed by atoms with E-state index in [1.165, 1.54) is 231 Å². The Labute approximate surface area is 626 Å². The number of ether oxygens (including phenoxy) is 4. The monoisotopic (exact) mass is 1490 g/mol. The van der Waals surface area contributed by atoms with Gasteiger partial charge in [0, 0.05) is 25.7 Å². The van der Waals surface area contributed by atoms with E-state index in [-0.39, 0.29) is 25.7 Å². The van der Waals surface area contributed by atoms with Gasteiger partial charge in [-0.3, -0.25) is 37.3 Å². The average molecular weight is 1490 g/mol. The number of rotatable bonds is 81. The zero-order valence-electron chi connectivity index (χ0n) is 67.1. The first kappa shape index (κ1) is 100. The molecule has 17 nitrogen and oxygen atoms in total. The molecule has 102 heavy (non-hydrogen) atoms. The molecular weight excluding hydrogens is 1330 g/mol. The van der Waals surface area contributed by atoms with Crippen LogP contribution in [0.5, 0.6) is 0 Å². The van der Waals surface area contributed by atoms with Crippen LogP contribution in [0.25, 0.3) is 0 Å². The van der Waals surface area contributed by atoms with Crippen molar-refractivity contribution >= 4 is 39.5 Å². The molecule has 4 unspecified atom stereocenters. The lowest BCUT2D eigenvalue weighted by molar-refractivity contribution is -0.161. The van der Waals surface area contributed by atoms with Crippen molar-refractivity contribution in [3.63, 3.8) is 0 Å². The first-order valence-corrected chi connectivity index (χ1v) is 45.9. The maximum atomic E-state index is 13.1. The van der Waals surface area contributed by atoms with E-state index in [1.807, 2.05) is 0 Å². The molecular formula is C83H162O17P2. The summed E-state index contributed by atoms with van der Waals surface area (Å²) in [5.41, 5.74) is 0. The lowest BCUT2D eigenvalue weighted by Crippen LogP contribution is -2.30. The van der Waals surface area contributed by atoms with Crippen LogP contribution in [0.4, 0.5) is 0 Å². The summed E-state index contributed by atoms with van der Waals surface area (Å²) in [6, 6.07) is 0. The van der Waals surface area contributed by atoms with E-state index in [0.29, 0.717) is 25.7 Å². The zero-order valence-corrected chi connectivity index (χ0v) is 68.9. The van der Waals surface area contributed by atoms with Crippen LogP contribution in [0.15, 0.2) is 0 Å². The van der Waals surface area contributed by atoms with Crippen LogP contribution in [0.3, 0.4) is 0 Å². The average Bonchev–Trinajstić information content (AvgIpc) is 0.964. The molecule has 0 radical (unpaired) electrons. The van der Waals surface area contributed by atoms with Crippen LogP contribution >= 0.6 is 15.6 Å². The van der Waals surface area contributed by atoms with Gasteiger partial charge in [0.1, 0.15) is 19.3 Å². The van der Waals surface area contributed by atoms with Gasteiger partial charge in [0.25, 0.3) is 0 Å². The maximum Gasteiger partial charge on any atom is 0.472 e. The molecule has 3 N–H and O–H groups in total. The lowest BCUT2D eigenvalue weighted by atomic mass is 9.99. The highest BCUT2D eigenvalue weighted by Gasteiger charge is 2.30. The molecule has 0 amide bonds. The standard InChI is InChI=1S/C83H162O17P2/c1-8-11-12-13-40-50-57-64-80(85)93-70-78(99-82(87)67-60-53-46-39-33-27-26-28-34-41-47-54-61-74(4)5)72-97-101(89,90)95-68-77(84)69-96-102(91,92)98-73-79(71-94-81(86)65-58-51-44-37-31-24-21-20-23-30-36-43-49-56-63-76(7)10-3)100-83(88)66-59-52-45-38-32-25-19-17-15-14-16-18-22-29-35-42-48-55-62-75(6)9-2/h74-79,84H,8-73H2,1-7H3,(H,89,90)(H,91,92)/t75?,76?,77-,78+,79+/m0/s1. The Morgan fingerprint density at radius 1 is 0.284 bits per heavy atom. The normalized spacial score (nSPS) is 14.5. The number of hydrogen-bond donors (Lipinski definition) is 3. The highest BCUT2D eigenvalue weighted by atomic mass is 31.2. The highest BCUT2D eigenvalue weighted by molar-refractivity contribution is 7.47. The van der Waals surface area contributed by atoms with Crippen molar-refractivity contribution in [2.24, 2.45) is 17.8 Å². The number of aliphatic hydroxyl groups excluding tert-OH is 1. The van der Waals surface area contributed by atoms with Gasteiger partial charge in [0.2, 0.25) is 0 Å². The van der Waals surface area contributed by atoms with Crippen molar-refractivity contribution in [2.45, 2.75) is 452 Å². The summed E-state index contributed by atoms with van der Waals surface area (Å²) in [4.78, 5) is 72.9. The van der Waals surface area contributed by atoms with Crippen molar-refractivity contribution in [3.8, 4) is 0 Å². The Hall–Kier alpha value is -1.94. The first-order chi connectivity index (χ1) is 49.3. The summed E-state index contributed by atoms with van der Waals surface area (Å²) < 4.78 is 68.7. The van der Waals surface area contributed by atoms with Crippen molar-refractivity contribution in [2.75, 3.05) is 39.6 Å². The minimum Gasteiger partial charge on any atom is -0.462 e. The summed E-state index contributed by atoms with van der Waals surface area (Å²) in [6.45, 7) is 12.0. The molecule has 0 heterocycles. The minimum absolute atomic E-state index is 0.107. The van der Waals surface area contributed by atoms with Crippen molar-refractivity contribution in [3.05, 3.63) is 0 Å². The van der Waals surface area contributed by atoms with Crippen LogP contribution < -0.4 is 0 Å². The number of esters is 4. The molecule has 0 saturated carbocycles. The van der Waals surface area contributed by atoms with Gasteiger partial charge < -0.3 is 33.8 Å². The van der Waals surface area contributed by atoms with Gasteiger partial charge in [0.15, 0.2) is 12.2 Å². The fraction of sp³-hybridized carbons (Fsp3) is 0.952. The molecule has 0 aromatic rings. The van der Waals surface area contributed by atoms with E-state index in [9.17, 15) is 43.2 Å². The van der Waals surface area contributed by atoms with E-state index < -0.39 is 97.5 Å². The van der Waals surface area contributed by atoms with Gasteiger partial charge in [0.05, 0.1) is 26.4 Å². The Bertz CT molecular complexity index is 1980. The molecule has 0 aliphatic carbocycles. The van der Waals surface area contributed by atoms with Crippen molar-refractivity contribution in [1.29, 1.82) is 0 Å². The second kappa shape index (κ2) is 73.2. The molecule has 0 saturated heterocycles. The van der Waals surface area contributed by atoms with Crippen LogP contribution in [-0.4, -0.2) is 96.7 Å². The summed E-state index contributed by atoms with van der Waals surface area (Å²) in [5.74, 6) is 0.385. The number of carbonyl (C=O) groups is 4. The molecule has 0 aromatic heterocycles. The Morgan fingerprint density at radius 2 is 0.500 bits per heavy atom. The number of unbranched alkanes of at least 4 members (excludes halogenated alkanes) is 47. The largest absolute Gasteiger partial charge is 0.472 e. The lowest BCUT2D eigenvalue weighted by Gasteiger charge is -2.21. The van der Waals surface area contributed by atoms with Gasteiger partial charge in [-0.15, -0.1) is 0 Å². The third kappa shape index (κ3) is 73.6. The summed E-state index contributed by atoms with van der Waals surface area (Å²) in [5, 5.41) is 10.6. The summed E-state index contributed by atoms with van der Waals surface area (Å²) in [7, 11) is -9.92. The number of phosphoric acid groups is 2. The molecule has 7 atom stereocenters. The molecule has 0 aromatic carbocycles. The molecule has 19 heteroatoms. The van der Waals surface area contributed by atoms with E-state index in [4.69, 9.17) is 37.0 Å².